The average Bonchev–Trinajstić information content (AvgIpc) is 2.82. The number of hydrogen-bond donors (Lipinski definition) is 2. The van der Waals surface area contributed by atoms with Crippen LogP contribution >= 0.6 is 0 Å². The van der Waals surface area contributed by atoms with Gasteiger partial charge in [0.15, 0.2) is 0 Å². The van der Waals surface area contributed by atoms with Crippen molar-refractivity contribution in [2.45, 2.75) is 38.6 Å². The highest BCUT2D eigenvalue weighted by Crippen LogP contribution is 2.29. The minimum absolute atomic E-state index is 0.0236. The molecule has 0 saturated carbocycles. The van der Waals surface area contributed by atoms with Gasteiger partial charge in [-0.05, 0) is 36.2 Å². The number of carbonyl (C=O) groups excluding carboxylic acids is 2. The predicted molar refractivity (Wildman–Crippen MR) is 131 cm³/mol. The summed E-state index contributed by atoms with van der Waals surface area (Å²) in [6.07, 6.45) is 0. The second-order valence-corrected chi connectivity index (χ2v) is 9.81. The van der Waals surface area contributed by atoms with Gasteiger partial charge in [0.2, 0.25) is 15.9 Å². The SMILES string of the molecule is CCN(CC)S(=O)(=O)c1cccc(C(=O)N[C@H](C(=O)Nc2cc(OC)ccc2OC)C(C)C)c1. The maximum Gasteiger partial charge on any atom is 0.251 e. The standard InChI is InChI=1S/C24H33N3O6S/c1-7-27(8-2)34(30,31)19-11-9-10-17(14-19)23(28)26-22(16(3)4)24(29)25-20-15-18(32-5)12-13-21(20)33-6/h9-16,22H,7-8H2,1-6H3,(H,25,29)(H,26,28)/t22-/m0/s1. The van der Waals surface area contributed by atoms with E-state index >= 15 is 0 Å². The summed E-state index contributed by atoms with van der Waals surface area (Å²) in [5.41, 5.74) is 0.546. The van der Waals surface area contributed by atoms with Gasteiger partial charge >= 0.3 is 0 Å². The number of anilines is 1. The monoisotopic (exact) mass is 491 g/mol. The summed E-state index contributed by atoms with van der Waals surface area (Å²) in [6.45, 7) is 7.74. The molecule has 9 nitrogen and oxygen atoms in total. The van der Waals surface area contributed by atoms with Crippen LogP contribution in [0.3, 0.4) is 0 Å². The largest absolute Gasteiger partial charge is 0.497 e. The van der Waals surface area contributed by atoms with Crippen molar-refractivity contribution in [3.63, 3.8) is 0 Å². The van der Waals surface area contributed by atoms with E-state index in [4.69, 9.17) is 9.47 Å². The summed E-state index contributed by atoms with van der Waals surface area (Å²) in [6, 6.07) is 9.90. The first kappa shape index (κ1) is 27.1. The molecule has 0 aliphatic heterocycles. The van der Waals surface area contributed by atoms with Crippen molar-refractivity contribution in [2.24, 2.45) is 5.92 Å². The number of hydrogen-bond acceptors (Lipinski definition) is 6. The number of rotatable bonds is 11. The lowest BCUT2D eigenvalue weighted by Crippen LogP contribution is -2.47. The van der Waals surface area contributed by atoms with Crippen LogP contribution in [-0.2, 0) is 14.8 Å². The molecule has 2 amide bonds. The van der Waals surface area contributed by atoms with Crippen molar-refractivity contribution in [1.29, 1.82) is 0 Å². The zero-order chi connectivity index (χ0) is 25.5. The molecule has 186 valence electrons. The van der Waals surface area contributed by atoms with Crippen LogP contribution in [0.1, 0.15) is 38.1 Å². The van der Waals surface area contributed by atoms with Crippen LogP contribution in [0.2, 0.25) is 0 Å². The second-order valence-electron chi connectivity index (χ2n) is 7.87. The smallest absolute Gasteiger partial charge is 0.251 e. The van der Waals surface area contributed by atoms with Crippen molar-refractivity contribution in [2.75, 3.05) is 32.6 Å². The zero-order valence-corrected chi connectivity index (χ0v) is 21.2. The van der Waals surface area contributed by atoms with E-state index in [1.54, 1.807) is 45.9 Å². The van der Waals surface area contributed by atoms with Gasteiger partial charge in [0, 0.05) is 24.7 Å². The van der Waals surface area contributed by atoms with Crippen molar-refractivity contribution in [3.8, 4) is 11.5 Å². The maximum atomic E-state index is 13.1. The fraction of sp³-hybridized carbons (Fsp3) is 0.417. The fourth-order valence-electron chi connectivity index (χ4n) is 3.39. The lowest BCUT2D eigenvalue weighted by atomic mass is 10.0. The first-order valence-corrected chi connectivity index (χ1v) is 12.5. The Hall–Kier alpha value is -3.11. The van der Waals surface area contributed by atoms with E-state index in [1.807, 2.05) is 0 Å². The van der Waals surface area contributed by atoms with E-state index in [0.29, 0.717) is 30.3 Å². The molecule has 2 N–H and O–H groups in total. The molecule has 0 radical (unpaired) electrons. The van der Waals surface area contributed by atoms with Gasteiger partial charge in [0.25, 0.3) is 5.91 Å². The molecule has 0 saturated heterocycles. The maximum absolute atomic E-state index is 13.1. The first-order chi connectivity index (χ1) is 16.1. The minimum atomic E-state index is -3.73. The van der Waals surface area contributed by atoms with E-state index in [-0.39, 0.29) is 16.4 Å². The Morgan fingerprint density at radius 2 is 1.68 bits per heavy atom. The summed E-state index contributed by atoms with van der Waals surface area (Å²) in [4.78, 5) is 26.1. The summed E-state index contributed by atoms with van der Waals surface area (Å²) >= 11 is 0. The highest BCUT2D eigenvalue weighted by Gasteiger charge is 2.27. The van der Waals surface area contributed by atoms with Gasteiger partial charge in [-0.25, -0.2) is 8.42 Å². The Balaban J connectivity index is 2.27. The number of nitrogens with zero attached hydrogens (tertiary/aromatic N) is 1. The van der Waals surface area contributed by atoms with Crippen LogP contribution in [-0.4, -0.2) is 57.9 Å². The van der Waals surface area contributed by atoms with E-state index in [2.05, 4.69) is 10.6 Å². The molecule has 0 heterocycles. The van der Waals surface area contributed by atoms with Gasteiger partial charge in [-0.15, -0.1) is 0 Å². The van der Waals surface area contributed by atoms with E-state index in [0.717, 1.165) is 0 Å². The second kappa shape index (κ2) is 11.8. The normalized spacial score (nSPS) is 12.4. The lowest BCUT2D eigenvalue weighted by molar-refractivity contribution is -0.118. The number of benzene rings is 2. The molecular formula is C24H33N3O6S. The highest BCUT2D eigenvalue weighted by molar-refractivity contribution is 7.89. The third-order valence-electron chi connectivity index (χ3n) is 5.34. The van der Waals surface area contributed by atoms with Crippen molar-refractivity contribution in [1.82, 2.24) is 9.62 Å². The van der Waals surface area contributed by atoms with E-state index in [9.17, 15) is 18.0 Å². The summed E-state index contributed by atoms with van der Waals surface area (Å²) in [5.74, 6) is -0.266. The van der Waals surface area contributed by atoms with Crippen LogP contribution in [0.25, 0.3) is 0 Å². The summed E-state index contributed by atoms with van der Waals surface area (Å²) < 4.78 is 37.5. The van der Waals surface area contributed by atoms with Gasteiger partial charge in [-0.3, -0.25) is 9.59 Å². The van der Waals surface area contributed by atoms with Crippen molar-refractivity contribution < 1.29 is 27.5 Å². The molecule has 0 fully saturated rings. The Morgan fingerprint density at radius 3 is 2.24 bits per heavy atom. The van der Waals surface area contributed by atoms with Crippen LogP contribution < -0.4 is 20.1 Å². The van der Waals surface area contributed by atoms with Crippen LogP contribution in [0.5, 0.6) is 11.5 Å². The molecule has 2 aromatic rings. The Morgan fingerprint density at radius 1 is 1.00 bits per heavy atom. The number of methoxy groups -OCH3 is 2. The number of amides is 2. The van der Waals surface area contributed by atoms with Gasteiger partial charge in [-0.2, -0.15) is 4.31 Å². The fourth-order valence-corrected chi connectivity index (χ4v) is 4.90. The molecule has 0 aromatic heterocycles. The quantitative estimate of drug-likeness (QED) is 0.499. The Kier molecular flexibility index (Phi) is 9.46. The molecule has 0 aliphatic rings. The molecule has 1 atom stereocenters. The number of ether oxygens (including phenoxy) is 2. The van der Waals surface area contributed by atoms with E-state index in [1.165, 1.54) is 42.8 Å². The molecular weight excluding hydrogens is 458 g/mol. The number of carbonyl (C=O) groups is 2. The van der Waals surface area contributed by atoms with Crippen molar-refractivity contribution in [3.05, 3.63) is 48.0 Å². The van der Waals surface area contributed by atoms with Gasteiger partial charge in [0.05, 0.1) is 24.8 Å². The van der Waals surface area contributed by atoms with E-state index < -0.39 is 27.9 Å². The summed E-state index contributed by atoms with van der Waals surface area (Å²) in [7, 11) is -0.728. The number of nitrogens with one attached hydrogen (secondary N) is 2. The molecule has 10 heteroatoms. The highest BCUT2D eigenvalue weighted by atomic mass is 32.2. The molecule has 0 unspecified atom stereocenters. The molecule has 0 bridgehead atoms. The molecule has 34 heavy (non-hydrogen) atoms. The molecule has 0 spiro atoms. The first-order valence-electron chi connectivity index (χ1n) is 11.0. The van der Waals surface area contributed by atoms with Gasteiger partial charge in [0.1, 0.15) is 17.5 Å². The molecule has 0 aliphatic carbocycles. The number of sulfonamides is 1. The Bertz CT molecular complexity index is 1110. The topological polar surface area (TPSA) is 114 Å². The third kappa shape index (κ3) is 6.27. The van der Waals surface area contributed by atoms with Crippen LogP contribution in [0.4, 0.5) is 5.69 Å². The average molecular weight is 492 g/mol. The summed E-state index contributed by atoms with van der Waals surface area (Å²) in [5, 5.41) is 5.50. The Labute approximate surface area is 201 Å². The minimum Gasteiger partial charge on any atom is -0.497 e. The van der Waals surface area contributed by atoms with Crippen molar-refractivity contribution >= 4 is 27.5 Å². The predicted octanol–water partition coefficient (Wildman–Crippen LogP) is 3.13. The lowest BCUT2D eigenvalue weighted by Gasteiger charge is -2.23. The third-order valence-corrected chi connectivity index (χ3v) is 7.39. The molecule has 2 aromatic carbocycles. The molecule has 2 rings (SSSR count). The van der Waals surface area contributed by atoms with Gasteiger partial charge in [-0.1, -0.05) is 33.8 Å². The zero-order valence-electron chi connectivity index (χ0n) is 20.4. The van der Waals surface area contributed by atoms with Gasteiger partial charge < -0.3 is 20.1 Å². The van der Waals surface area contributed by atoms with Crippen LogP contribution in [0, 0.1) is 5.92 Å². The van der Waals surface area contributed by atoms with Crippen LogP contribution in [0.15, 0.2) is 47.4 Å².